The van der Waals surface area contributed by atoms with Crippen LogP contribution in [0.4, 0.5) is 0 Å². The van der Waals surface area contributed by atoms with E-state index in [9.17, 15) is 0 Å². The molecule has 1 N–H and O–H groups in total. The first-order valence-corrected chi connectivity index (χ1v) is 3.27. The summed E-state index contributed by atoms with van der Waals surface area (Å²) in [5.41, 5.74) is 2.15. The monoisotopic (exact) mass is 124 g/mol. The summed E-state index contributed by atoms with van der Waals surface area (Å²) in [5.74, 6) is 0. The molecular formula is C7H5LiN2. The number of fused-ring (bicyclic) bond motifs is 1. The van der Waals surface area contributed by atoms with Gasteiger partial charge in [0, 0.05) is 0 Å². The molecule has 0 unspecified atom stereocenters. The van der Waals surface area contributed by atoms with E-state index in [4.69, 9.17) is 0 Å². The van der Waals surface area contributed by atoms with E-state index >= 15 is 0 Å². The molecule has 1 heterocycles. The Hall–Kier alpha value is -0.713. The second-order valence-electron chi connectivity index (χ2n) is 2.34. The fourth-order valence-corrected chi connectivity index (χ4v) is 1.08. The fraction of sp³-hybridized carbons (Fsp3) is 0. The molecule has 3 heteroatoms. The first kappa shape index (κ1) is 6.03. The molecule has 2 aromatic rings. The molecular weight excluding hydrogens is 119 g/mol. The molecule has 2 rings (SSSR count). The van der Waals surface area contributed by atoms with Crippen LogP contribution in [0.15, 0.2) is 24.3 Å². The molecule has 0 saturated carbocycles. The fourth-order valence-electron chi connectivity index (χ4n) is 1.08. The molecule has 2 nitrogen and oxygen atoms in total. The third kappa shape index (κ3) is 0.861. The number of hydrogen-bond acceptors (Lipinski definition) is 1. The molecule has 0 radical (unpaired) electrons. The second kappa shape index (κ2) is 2.16. The van der Waals surface area contributed by atoms with E-state index in [1.807, 2.05) is 42.0 Å². The van der Waals surface area contributed by atoms with Gasteiger partial charge in [-0.3, -0.25) is 0 Å². The summed E-state index contributed by atoms with van der Waals surface area (Å²) in [6, 6.07) is 8.01. The Balaban J connectivity index is 2.88. The maximum absolute atomic E-state index is 4.26. The molecule has 0 fully saturated rings. The average molecular weight is 124 g/mol. The molecule has 44 valence electrons. The van der Waals surface area contributed by atoms with Crippen molar-refractivity contribution >= 4 is 33.2 Å². The van der Waals surface area contributed by atoms with Crippen molar-refractivity contribution in [2.24, 2.45) is 0 Å². The number of hydrogen-bond donors (Lipinski definition) is 1. The summed E-state index contributed by atoms with van der Waals surface area (Å²) in [6.45, 7) is 0. The standard InChI is InChI=1S/C7H5N2.Li/c1-2-4-7-6(3-1)8-5-9-7;/h1-4H,(H,8,9);. The molecule has 0 aliphatic carbocycles. The third-order valence-corrected chi connectivity index (χ3v) is 1.51. The average Bonchev–Trinajstić information content (AvgIpc) is 2.27. The van der Waals surface area contributed by atoms with Crippen LogP contribution in [0, 0.1) is 0 Å². The number of nitrogens with zero attached hydrogens (tertiary/aromatic N) is 1. The second-order valence-corrected chi connectivity index (χ2v) is 2.34. The molecule has 0 amide bonds. The van der Waals surface area contributed by atoms with Gasteiger partial charge in [0.25, 0.3) is 0 Å². The van der Waals surface area contributed by atoms with Crippen LogP contribution in [-0.2, 0) is 0 Å². The number of H-pyrrole nitrogens is 1. The molecule has 0 aliphatic rings. The van der Waals surface area contributed by atoms with Crippen LogP contribution in [0.25, 0.3) is 11.0 Å². The van der Waals surface area contributed by atoms with Crippen LogP contribution in [0.1, 0.15) is 0 Å². The molecule has 0 bridgehead atoms. The summed E-state index contributed by atoms with van der Waals surface area (Å²) < 4.78 is 0.973. The topological polar surface area (TPSA) is 28.7 Å². The van der Waals surface area contributed by atoms with Crippen molar-refractivity contribution in [1.29, 1.82) is 0 Å². The van der Waals surface area contributed by atoms with Crippen LogP contribution in [0.5, 0.6) is 0 Å². The van der Waals surface area contributed by atoms with Crippen LogP contribution >= 0.6 is 0 Å². The quantitative estimate of drug-likeness (QED) is 0.504. The first-order valence-electron chi connectivity index (χ1n) is 3.27. The van der Waals surface area contributed by atoms with E-state index in [2.05, 4.69) is 9.97 Å². The van der Waals surface area contributed by atoms with Gasteiger partial charge >= 0.3 is 67.5 Å². The normalized spacial score (nSPS) is 10.6. The van der Waals surface area contributed by atoms with Crippen LogP contribution in [0.3, 0.4) is 0 Å². The summed E-state index contributed by atoms with van der Waals surface area (Å²) in [5, 5.41) is 0. The van der Waals surface area contributed by atoms with E-state index in [-0.39, 0.29) is 0 Å². The van der Waals surface area contributed by atoms with Crippen molar-refractivity contribution in [1.82, 2.24) is 9.97 Å². The Morgan fingerprint density at radius 3 is 2.90 bits per heavy atom. The number of para-hydroxylation sites is 2. The van der Waals surface area contributed by atoms with Gasteiger partial charge in [0.2, 0.25) is 0 Å². The predicted octanol–water partition coefficient (Wildman–Crippen LogP) is 0.357. The van der Waals surface area contributed by atoms with E-state index in [0.29, 0.717) is 0 Å². The molecule has 0 saturated heterocycles. The van der Waals surface area contributed by atoms with Gasteiger partial charge in [-0.05, 0) is 0 Å². The third-order valence-electron chi connectivity index (χ3n) is 1.51. The van der Waals surface area contributed by atoms with Crippen molar-refractivity contribution in [3.8, 4) is 0 Å². The Kier molecular flexibility index (Phi) is 1.30. The maximum atomic E-state index is 4.26. The molecule has 0 spiro atoms. The molecule has 1 aromatic carbocycles. The predicted molar refractivity (Wildman–Crippen MR) is 41.5 cm³/mol. The van der Waals surface area contributed by atoms with Crippen molar-refractivity contribution in [3.05, 3.63) is 24.3 Å². The van der Waals surface area contributed by atoms with Gasteiger partial charge in [0.05, 0.1) is 0 Å². The van der Waals surface area contributed by atoms with Crippen molar-refractivity contribution in [3.63, 3.8) is 0 Å². The van der Waals surface area contributed by atoms with Gasteiger partial charge in [-0.15, -0.1) is 0 Å². The van der Waals surface area contributed by atoms with Gasteiger partial charge in [-0.25, -0.2) is 0 Å². The van der Waals surface area contributed by atoms with E-state index < -0.39 is 0 Å². The van der Waals surface area contributed by atoms with Crippen LogP contribution < -0.4 is 4.50 Å². The summed E-state index contributed by atoms with van der Waals surface area (Å²) in [4.78, 5) is 7.40. The van der Waals surface area contributed by atoms with Gasteiger partial charge in [-0.1, -0.05) is 0 Å². The van der Waals surface area contributed by atoms with E-state index in [0.717, 1.165) is 15.5 Å². The minimum absolute atomic E-state index is 0.973. The van der Waals surface area contributed by atoms with E-state index in [1.54, 1.807) is 0 Å². The SMILES string of the molecule is [Li][c]1nc2ccccc2[nH]1. The van der Waals surface area contributed by atoms with Gasteiger partial charge in [0.1, 0.15) is 0 Å². The van der Waals surface area contributed by atoms with E-state index in [1.165, 1.54) is 0 Å². The van der Waals surface area contributed by atoms with Crippen LogP contribution in [0.2, 0.25) is 0 Å². The van der Waals surface area contributed by atoms with Crippen molar-refractivity contribution < 1.29 is 0 Å². The molecule has 1 aromatic heterocycles. The summed E-state index contributed by atoms with van der Waals surface area (Å²) in [7, 11) is 0. The number of nitrogens with one attached hydrogen (secondary N) is 1. The Morgan fingerprint density at radius 2 is 2.10 bits per heavy atom. The van der Waals surface area contributed by atoms with Gasteiger partial charge in [-0.2, -0.15) is 0 Å². The number of aromatic amines is 1. The number of benzene rings is 1. The zero-order chi connectivity index (χ0) is 6.97. The number of rotatable bonds is 0. The van der Waals surface area contributed by atoms with Crippen molar-refractivity contribution in [2.45, 2.75) is 0 Å². The zero-order valence-electron chi connectivity index (χ0n) is 5.76. The summed E-state index contributed by atoms with van der Waals surface area (Å²) in [6.07, 6.45) is 0. The first-order chi connectivity index (χ1) is 4.86. The Morgan fingerprint density at radius 1 is 1.30 bits per heavy atom. The van der Waals surface area contributed by atoms with Gasteiger partial charge < -0.3 is 0 Å². The number of aromatic nitrogens is 2. The Labute approximate surface area is 67.9 Å². The number of imidazole rings is 1. The zero-order valence-corrected chi connectivity index (χ0v) is 5.76. The molecule has 0 atom stereocenters. The minimum atomic E-state index is 0.973. The van der Waals surface area contributed by atoms with Crippen LogP contribution in [-0.4, -0.2) is 27.7 Å². The summed E-state index contributed by atoms with van der Waals surface area (Å²) >= 11 is 1.96. The molecule has 0 aliphatic heterocycles. The Bertz CT molecular complexity index is 320. The van der Waals surface area contributed by atoms with Crippen molar-refractivity contribution in [2.75, 3.05) is 0 Å². The molecule has 10 heavy (non-hydrogen) atoms. The van der Waals surface area contributed by atoms with Gasteiger partial charge in [0.15, 0.2) is 0 Å².